The van der Waals surface area contributed by atoms with Gasteiger partial charge in [0.05, 0.1) is 11.5 Å². The molecule has 0 atom stereocenters. The third kappa shape index (κ3) is 6.66. The zero-order valence-corrected chi connectivity index (χ0v) is 21.1. The Labute approximate surface area is 192 Å². The molecular formula is C22H33N3O5S2. The van der Waals surface area contributed by atoms with Crippen molar-refractivity contribution in [3.63, 3.8) is 0 Å². The van der Waals surface area contributed by atoms with Crippen LogP contribution in [-0.4, -0.2) is 64.7 Å². The van der Waals surface area contributed by atoms with Gasteiger partial charge in [0.25, 0.3) is 0 Å². The minimum absolute atomic E-state index is 0.148. The van der Waals surface area contributed by atoms with E-state index in [9.17, 15) is 16.8 Å². The van der Waals surface area contributed by atoms with Gasteiger partial charge in [0, 0.05) is 38.1 Å². The molecule has 10 heteroatoms. The Morgan fingerprint density at radius 2 is 1.47 bits per heavy atom. The molecule has 1 aromatic carbocycles. The van der Waals surface area contributed by atoms with Gasteiger partial charge in [0.15, 0.2) is 9.84 Å². The number of hydrogen-bond acceptors (Lipinski definition) is 7. The number of anilines is 1. The van der Waals surface area contributed by atoms with E-state index >= 15 is 0 Å². The molecule has 0 radical (unpaired) electrons. The summed E-state index contributed by atoms with van der Waals surface area (Å²) < 4.78 is 56.0. The smallest absolute Gasteiger partial charge is 0.245 e. The lowest BCUT2D eigenvalue weighted by Crippen LogP contribution is -2.41. The fourth-order valence-corrected chi connectivity index (χ4v) is 5.82. The average Bonchev–Trinajstić information content (AvgIpc) is 2.70. The van der Waals surface area contributed by atoms with E-state index in [1.165, 1.54) is 28.9 Å². The Kier molecular flexibility index (Phi) is 8.67. The van der Waals surface area contributed by atoms with E-state index < -0.39 is 19.9 Å². The Bertz CT molecular complexity index is 1070. The number of rotatable bonds is 11. The molecule has 178 valence electrons. The van der Waals surface area contributed by atoms with Crippen LogP contribution in [0.25, 0.3) is 0 Å². The molecule has 0 N–H and O–H groups in total. The quantitative estimate of drug-likeness (QED) is 0.453. The number of nitrogens with zero attached hydrogens (tertiary/aromatic N) is 3. The Morgan fingerprint density at radius 3 is 1.94 bits per heavy atom. The summed E-state index contributed by atoms with van der Waals surface area (Å²) in [6.07, 6.45) is 3.28. The Morgan fingerprint density at radius 1 is 0.906 bits per heavy atom. The molecule has 0 spiro atoms. The summed E-state index contributed by atoms with van der Waals surface area (Å²) >= 11 is 0. The van der Waals surface area contributed by atoms with E-state index in [0.717, 1.165) is 0 Å². The normalized spacial score (nSPS) is 12.5. The summed E-state index contributed by atoms with van der Waals surface area (Å²) in [7, 11) is -4.95. The van der Waals surface area contributed by atoms with Gasteiger partial charge in [-0.05, 0) is 70.5 Å². The summed E-state index contributed by atoms with van der Waals surface area (Å²) in [4.78, 5) is 6.70. The first-order chi connectivity index (χ1) is 14.8. The van der Waals surface area contributed by atoms with E-state index in [-0.39, 0.29) is 21.9 Å². The monoisotopic (exact) mass is 483 g/mol. The highest BCUT2D eigenvalue weighted by molar-refractivity contribution is 7.90. The highest BCUT2D eigenvalue weighted by Gasteiger charge is 2.29. The maximum absolute atomic E-state index is 12.9. The molecule has 1 heterocycles. The Hall–Kier alpha value is -2.17. The predicted molar refractivity (Wildman–Crippen MR) is 126 cm³/mol. The van der Waals surface area contributed by atoms with Crippen molar-refractivity contribution < 1.29 is 21.6 Å². The lowest BCUT2D eigenvalue weighted by Gasteiger charge is -2.29. The van der Waals surface area contributed by atoms with Crippen LogP contribution in [0.3, 0.4) is 0 Å². The maximum Gasteiger partial charge on any atom is 0.245 e. The molecule has 0 amide bonds. The summed E-state index contributed by atoms with van der Waals surface area (Å²) in [5, 5.41) is 0. The molecule has 8 nitrogen and oxygen atoms in total. The molecule has 1 aromatic heterocycles. The summed E-state index contributed by atoms with van der Waals surface area (Å²) in [5.74, 6) is 1.27. The number of pyridine rings is 1. The van der Waals surface area contributed by atoms with Crippen molar-refractivity contribution in [3.05, 3.63) is 42.6 Å². The second kappa shape index (κ2) is 10.6. The number of sulfone groups is 1. The molecule has 2 rings (SSSR count). The molecular weight excluding hydrogens is 450 g/mol. The van der Waals surface area contributed by atoms with Crippen molar-refractivity contribution in [2.45, 2.75) is 56.0 Å². The van der Waals surface area contributed by atoms with Crippen molar-refractivity contribution in [2.24, 2.45) is 0 Å². The van der Waals surface area contributed by atoms with Crippen LogP contribution in [0.5, 0.6) is 5.75 Å². The van der Waals surface area contributed by atoms with Gasteiger partial charge in [-0.1, -0.05) is 0 Å². The van der Waals surface area contributed by atoms with Crippen molar-refractivity contribution in [3.8, 4) is 5.75 Å². The van der Waals surface area contributed by atoms with E-state index in [1.807, 2.05) is 39.6 Å². The van der Waals surface area contributed by atoms with E-state index in [4.69, 9.17) is 4.74 Å². The first-order valence-corrected chi connectivity index (χ1v) is 13.8. The van der Waals surface area contributed by atoms with Gasteiger partial charge in [-0.2, -0.15) is 4.31 Å². The van der Waals surface area contributed by atoms with Gasteiger partial charge in [0.1, 0.15) is 16.5 Å². The average molecular weight is 484 g/mol. The lowest BCUT2D eigenvalue weighted by molar-refractivity contribution is 0.302. The molecule has 32 heavy (non-hydrogen) atoms. The van der Waals surface area contributed by atoms with Crippen molar-refractivity contribution in [1.82, 2.24) is 9.29 Å². The third-order valence-corrected chi connectivity index (χ3v) is 8.23. The van der Waals surface area contributed by atoms with Gasteiger partial charge in [-0.3, -0.25) is 0 Å². The van der Waals surface area contributed by atoms with Crippen LogP contribution >= 0.6 is 0 Å². The van der Waals surface area contributed by atoms with Crippen molar-refractivity contribution in [1.29, 1.82) is 0 Å². The second-order valence-electron chi connectivity index (χ2n) is 8.24. The molecule has 0 bridgehead atoms. The molecule has 0 aliphatic heterocycles. The SMILES string of the molecule is CC(C)N(C(C)C)S(=O)(=O)c1ccc(N(C)CCCOc2ccc(S(C)(=O)=O)cc2)nc1. The summed E-state index contributed by atoms with van der Waals surface area (Å²) in [6.45, 7) is 8.53. The van der Waals surface area contributed by atoms with Crippen molar-refractivity contribution in [2.75, 3.05) is 31.4 Å². The van der Waals surface area contributed by atoms with Crippen LogP contribution in [0, 0.1) is 0 Å². The number of ether oxygens (including phenoxy) is 1. The first kappa shape index (κ1) is 26.1. The van der Waals surface area contributed by atoms with E-state index in [2.05, 4.69) is 4.98 Å². The van der Waals surface area contributed by atoms with Gasteiger partial charge in [0.2, 0.25) is 10.0 Å². The highest BCUT2D eigenvalue weighted by Crippen LogP contribution is 2.22. The van der Waals surface area contributed by atoms with Gasteiger partial charge in [-0.15, -0.1) is 0 Å². The van der Waals surface area contributed by atoms with Crippen LogP contribution in [0.1, 0.15) is 34.1 Å². The first-order valence-electron chi connectivity index (χ1n) is 10.5. The topological polar surface area (TPSA) is 96.9 Å². The van der Waals surface area contributed by atoms with Gasteiger partial charge >= 0.3 is 0 Å². The number of sulfonamides is 1. The molecule has 0 saturated heterocycles. The molecule has 0 aliphatic carbocycles. The zero-order chi connectivity index (χ0) is 24.1. The Balaban J connectivity index is 1.92. The third-order valence-electron chi connectivity index (χ3n) is 4.86. The minimum Gasteiger partial charge on any atom is -0.494 e. The number of aromatic nitrogens is 1. The molecule has 2 aromatic rings. The van der Waals surface area contributed by atoms with Gasteiger partial charge in [-0.25, -0.2) is 21.8 Å². The fraction of sp³-hybridized carbons (Fsp3) is 0.500. The van der Waals surface area contributed by atoms with E-state index in [0.29, 0.717) is 31.1 Å². The lowest BCUT2D eigenvalue weighted by atomic mass is 10.3. The standard InChI is InChI=1S/C22H33N3O5S2/c1-17(2)25(18(3)4)32(28,29)21-12-13-22(23-16-21)24(5)14-7-15-30-19-8-10-20(11-9-19)31(6,26)27/h8-13,16-18H,7,14-15H2,1-6H3. The maximum atomic E-state index is 12.9. The van der Waals surface area contributed by atoms with Crippen LogP contribution in [0.4, 0.5) is 5.82 Å². The highest BCUT2D eigenvalue weighted by atomic mass is 32.2. The van der Waals surface area contributed by atoms with Crippen LogP contribution in [-0.2, 0) is 19.9 Å². The second-order valence-corrected chi connectivity index (χ2v) is 12.1. The van der Waals surface area contributed by atoms with Crippen LogP contribution < -0.4 is 9.64 Å². The fourth-order valence-electron chi connectivity index (χ4n) is 3.41. The summed E-state index contributed by atoms with van der Waals surface area (Å²) in [5.41, 5.74) is 0. The number of hydrogen-bond donors (Lipinski definition) is 0. The molecule has 0 aliphatic rings. The minimum atomic E-state index is -3.61. The number of benzene rings is 1. The molecule has 0 unspecified atom stereocenters. The molecule has 0 saturated carbocycles. The summed E-state index contributed by atoms with van der Waals surface area (Å²) in [6, 6.07) is 9.32. The van der Waals surface area contributed by atoms with E-state index in [1.54, 1.807) is 24.3 Å². The largest absolute Gasteiger partial charge is 0.494 e. The zero-order valence-electron chi connectivity index (χ0n) is 19.5. The molecule has 0 fully saturated rings. The van der Waals surface area contributed by atoms with Crippen molar-refractivity contribution >= 4 is 25.7 Å². The van der Waals surface area contributed by atoms with Gasteiger partial charge < -0.3 is 9.64 Å². The van der Waals surface area contributed by atoms with Crippen LogP contribution in [0.15, 0.2) is 52.4 Å². The van der Waals surface area contributed by atoms with Crippen LogP contribution in [0.2, 0.25) is 0 Å². The predicted octanol–water partition coefficient (Wildman–Crippen LogP) is 3.20.